The van der Waals surface area contributed by atoms with E-state index in [1.165, 1.54) is 0 Å². The van der Waals surface area contributed by atoms with E-state index in [1.807, 2.05) is 49.3 Å². The first-order valence-corrected chi connectivity index (χ1v) is 11.1. The summed E-state index contributed by atoms with van der Waals surface area (Å²) in [7, 11) is 3.65. The highest BCUT2D eigenvalue weighted by Gasteiger charge is 2.44. The number of carbonyl (C=O) groups is 2. The van der Waals surface area contributed by atoms with Crippen molar-refractivity contribution in [3.05, 3.63) is 30.3 Å². The van der Waals surface area contributed by atoms with Crippen molar-refractivity contribution in [3.8, 4) is 5.75 Å². The number of fused-ring (bicyclic) bond motifs is 2. The third-order valence-electron chi connectivity index (χ3n) is 6.58. The average molecular weight is 416 g/mol. The van der Waals surface area contributed by atoms with Gasteiger partial charge in [-0.3, -0.25) is 4.79 Å². The topological polar surface area (TPSA) is 62.3 Å². The number of amides is 3. The molecule has 0 aliphatic carbocycles. The van der Waals surface area contributed by atoms with Crippen LogP contribution in [0.1, 0.15) is 38.5 Å². The Morgan fingerprint density at radius 2 is 1.60 bits per heavy atom. The smallest absolute Gasteiger partial charge is 0.319 e. The summed E-state index contributed by atoms with van der Waals surface area (Å²) in [5.41, 5.74) is 0. The molecule has 1 aromatic carbocycles. The summed E-state index contributed by atoms with van der Waals surface area (Å²) in [5.74, 6) is 0.753. The van der Waals surface area contributed by atoms with Gasteiger partial charge in [-0.25, -0.2) is 4.79 Å². The number of urea groups is 1. The number of piperidine rings is 2. The number of benzene rings is 1. The average Bonchev–Trinajstić information content (AvgIpc) is 3.02. The van der Waals surface area contributed by atoms with Gasteiger partial charge in [-0.1, -0.05) is 18.2 Å². The van der Waals surface area contributed by atoms with Crippen LogP contribution >= 0.6 is 0 Å². The Morgan fingerprint density at radius 1 is 0.967 bits per heavy atom. The first-order valence-electron chi connectivity index (χ1n) is 11.1. The molecule has 3 aliphatic rings. The Labute approximate surface area is 178 Å². The second kappa shape index (κ2) is 9.25. The lowest BCUT2D eigenvalue weighted by Crippen LogP contribution is -2.52. The number of nitrogens with zero attached hydrogens (tertiary/aromatic N) is 3. The molecule has 3 heterocycles. The van der Waals surface area contributed by atoms with Gasteiger partial charge in [0.25, 0.3) is 5.91 Å². The Kier molecular flexibility index (Phi) is 6.46. The number of hydrogen-bond donors (Lipinski definition) is 0. The molecule has 3 amide bonds. The number of hydrogen-bond acceptors (Lipinski definition) is 4. The van der Waals surface area contributed by atoms with Crippen LogP contribution in [0.2, 0.25) is 0 Å². The van der Waals surface area contributed by atoms with Gasteiger partial charge in [0.05, 0.1) is 12.2 Å². The van der Waals surface area contributed by atoms with E-state index in [2.05, 4.69) is 4.90 Å². The van der Waals surface area contributed by atoms with Crippen molar-refractivity contribution in [2.24, 2.45) is 0 Å². The Hall–Kier alpha value is -2.28. The zero-order valence-corrected chi connectivity index (χ0v) is 18.0. The number of carbonyl (C=O) groups excluding carboxylic acids is 2. The van der Waals surface area contributed by atoms with Crippen molar-refractivity contribution in [1.29, 1.82) is 0 Å². The van der Waals surface area contributed by atoms with Gasteiger partial charge in [-0.2, -0.15) is 0 Å². The zero-order valence-electron chi connectivity index (χ0n) is 18.0. The third kappa shape index (κ3) is 4.72. The highest BCUT2D eigenvalue weighted by molar-refractivity contribution is 5.78. The maximum Gasteiger partial charge on any atom is 0.319 e. The van der Waals surface area contributed by atoms with Crippen LogP contribution in [0.25, 0.3) is 0 Å². The highest BCUT2D eigenvalue weighted by atomic mass is 16.5. The Morgan fingerprint density at radius 3 is 2.20 bits per heavy atom. The molecule has 7 heteroatoms. The predicted molar refractivity (Wildman–Crippen MR) is 113 cm³/mol. The fourth-order valence-electron chi connectivity index (χ4n) is 5.05. The summed E-state index contributed by atoms with van der Waals surface area (Å²) < 4.78 is 12.0. The van der Waals surface area contributed by atoms with Crippen molar-refractivity contribution in [1.82, 2.24) is 14.7 Å². The monoisotopic (exact) mass is 415 g/mol. The molecule has 0 aromatic heterocycles. The fraction of sp³-hybridized carbons (Fsp3) is 0.652. The quantitative estimate of drug-likeness (QED) is 0.742. The van der Waals surface area contributed by atoms with Crippen LogP contribution in [0.3, 0.4) is 0 Å². The number of rotatable bonds is 5. The molecule has 0 N–H and O–H groups in total. The summed E-state index contributed by atoms with van der Waals surface area (Å²) in [4.78, 5) is 30.5. The summed E-state index contributed by atoms with van der Waals surface area (Å²) in [6.45, 7) is 1.51. The molecular formula is C23H33N3O4. The first-order chi connectivity index (χ1) is 14.5. The summed E-state index contributed by atoms with van der Waals surface area (Å²) >= 11 is 0. The van der Waals surface area contributed by atoms with Crippen molar-refractivity contribution in [2.75, 3.05) is 33.8 Å². The molecule has 0 saturated carbocycles. The van der Waals surface area contributed by atoms with Crippen molar-refractivity contribution in [3.63, 3.8) is 0 Å². The van der Waals surface area contributed by atoms with Gasteiger partial charge in [0, 0.05) is 39.3 Å². The van der Waals surface area contributed by atoms with Gasteiger partial charge in [0.2, 0.25) is 0 Å². The SMILES string of the molecule is CN(C)C(=O)N1[C@@H]2CC[C@H]1CC(OC1CCN(C(=O)COc3ccccc3)CC1)C2. The van der Waals surface area contributed by atoms with E-state index in [-0.39, 0.29) is 30.8 Å². The van der Waals surface area contributed by atoms with Gasteiger partial charge in [-0.05, 0) is 50.7 Å². The van der Waals surface area contributed by atoms with E-state index in [9.17, 15) is 9.59 Å². The van der Waals surface area contributed by atoms with Crippen LogP contribution in [0.15, 0.2) is 30.3 Å². The second-order valence-corrected chi connectivity index (χ2v) is 8.88. The lowest BCUT2D eigenvalue weighted by molar-refractivity contribution is -0.137. The number of ether oxygens (including phenoxy) is 2. The molecule has 1 aromatic rings. The minimum Gasteiger partial charge on any atom is -0.484 e. The molecule has 0 spiro atoms. The lowest BCUT2D eigenvalue weighted by Gasteiger charge is -2.42. The van der Waals surface area contributed by atoms with Crippen molar-refractivity contribution in [2.45, 2.75) is 62.8 Å². The Balaban J connectivity index is 1.20. The van der Waals surface area contributed by atoms with Gasteiger partial charge >= 0.3 is 6.03 Å². The van der Waals surface area contributed by atoms with E-state index < -0.39 is 0 Å². The maximum atomic E-state index is 12.5. The van der Waals surface area contributed by atoms with Crippen LogP contribution in [-0.4, -0.2) is 84.7 Å². The molecule has 3 aliphatic heterocycles. The standard InChI is InChI=1S/C23H33N3O4/c1-24(2)23(28)26-17-8-9-18(26)15-21(14-17)30-20-10-12-25(13-11-20)22(27)16-29-19-6-4-3-5-7-19/h3-7,17-18,20-21H,8-16H2,1-2H3/t17-,18+,21?. The fourth-order valence-corrected chi connectivity index (χ4v) is 5.05. The minimum absolute atomic E-state index is 0.0332. The zero-order chi connectivity index (χ0) is 21.1. The summed E-state index contributed by atoms with van der Waals surface area (Å²) in [6.07, 6.45) is 6.18. The van der Waals surface area contributed by atoms with E-state index in [0.717, 1.165) is 44.3 Å². The van der Waals surface area contributed by atoms with E-state index in [0.29, 0.717) is 25.2 Å². The molecule has 0 radical (unpaired) electrons. The third-order valence-corrected chi connectivity index (χ3v) is 6.58. The predicted octanol–water partition coefficient (Wildman–Crippen LogP) is 2.75. The van der Waals surface area contributed by atoms with Gasteiger partial charge in [0.1, 0.15) is 5.75 Å². The van der Waals surface area contributed by atoms with Crippen LogP contribution < -0.4 is 4.74 Å². The molecular weight excluding hydrogens is 382 g/mol. The van der Waals surface area contributed by atoms with Crippen LogP contribution in [0, 0.1) is 0 Å². The minimum atomic E-state index is 0.0332. The molecule has 7 nitrogen and oxygen atoms in total. The normalized spacial score (nSPS) is 26.5. The molecule has 30 heavy (non-hydrogen) atoms. The summed E-state index contributed by atoms with van der Waals surface area (Å²) in [6, 6.07) is 10.2. The van der Waals surface area contributed by atoms with Crippen LogP contribution in [-0.2, 0) is 9.53 Å². The second-order valence-electron chi connectivity index (χ2n) is 8.88. The highest BCUT2D eigenvalue weighted by Crippen LogP contribution is 2.38. The van der Waals surface area contributed by atoms with Crippen LogP contribution in [0.4, 0.5) is 4.79 Å². The first kappa shape index (κ1) is 21.0. The van der Waals surface area contributed by atoms with Crippen LogP contribution in [0.5, 0.6) is 5.75 Å². The lowest BCUT2D eigenvalue weighted by atomic mass is 9.99. The largest absolute Gasteiger partial charge is 0.484 e. The van der Waals surface area contributed by atoms with Crippen molar-refractivity contribution < 1.29 is 19.1 Å². The van der Waals surface area contributed by atoms with E-state index in [4.69, 9.17) is 9.47 Å². The molecule has 164 valence electrons. The van der Waals surface area contributed by atoms with Gasteiger partial charge in [-0.15, -0.1) is 0 Å². The Bertz CT molecular complexity index is 719. The van der Waals surface area contributed by atoms with E-state index in [1.54, 1.807) is 4.90 Å². The molecule has 2 bridgehead atoms. The van der Waals surface area contributed by atoms with Crippen molar-refractivity contribution >= 4 is 11.9 Å². The number of para-hydroxylation sites is 1. The molecule has 3 saturated heterocycles. The number of likely N-dealkylation sites (tertiary alicyclic amines) is 1. The van der Waals surface area contributed by atoms with Gasteiger partial charge in [0.15, 0.2) is 6.61 Å². The molecule has 3 fully saturated rings. The molecule has 1 unspecified atom stereocenters. The van der Waals surface area contributed by atoms with E-state index >= 15 is 0 Å². The van der Waals surface area contributed by atoms with Gasteiger partial charge < -0.3 is 24.2 Å². The molecule has 4 rings (SSSR count). The summed E-state index contributed by atoms with van der Waals surface area (Å²) in [5, 5.41) is 0. The molecule has 3 atom stereocenters. The maximum absolute atomic E-state index is 12.5.